The molecular weight excluding hydrogens is 271 g/mol. The van der Waals surface area contributed by atoms with Crippen molar-refractivity contribution in [1.29, 1.82) is 0 Å². The molecule has 0 saturated heterocycles. The zero-order valence-electron chi connectivity index (χ0n) is 12.2. The molecule has 1 aromatic heterocycles. The molecule has 2 N–H and O–H groups in total. The van der Waals surface area contributed by atoms with Crippen molar-refractivity contribution in [2.24, 2.45) is 5.92 Å². The number of rotatable bonds is 8. The van der Waals surface area contributed by atoms with Gasteiger partial charge in [-0.3, -0.25) is 0 Å². The largest absolute Gasteiger partial charge is 0.316 e. The van der Waals surface area contributed by atoms with Crippen LogP contribution in [0, 0.1) is 11.7 Å². The predicted molar refractivity (Wildman–Crippen MR) is 85.8 cm³/mol. The van der Waals surface area contributed by atoms with Crippen molar-refractivity contribution in [3.63, 3.8) is 0 Å². The molecule has 1 aromatic carbocycles. The van der Waals surface area contributed by atoms with E-state index < -0.39 is 0 Å². The molecule has 2 aromatic rings. The number of nitrogens with one attached hydrogen (secondary N) is 2. The maximum absolute atomic E-state index is 13.1. The van der Waals surface area contributed by atoms with Crippen LogP contribution in [-0.2, 0) is 6.54 Å². The number of thiophene rings is 1. The molecule has 0 aliphatic carbocycles. The van der Waals surface area contributed by atoms with Crippen LogP contribution in [0.3, 0.4) is 0 Å². The quantitative estimate of drug-likeness (QED) is 0.724. The Labute approximate surface area is 124 Å². The average Bonchev–Trinajstić information content (AvgIpc) is 2.79. The summed E-state index contributed by atoms with van der Waals surface area (Å²) in [6, 6.07) is 7.06. The second kappa shape index (κ2) is 7.72. The first-order chi connectivity index (χ1) is 9.65. The Morgan fingerprint density at radius 2 is 1.95 bits per heavy atom. The van der Waals surface area contributed by atoms with Gasteiger partial charge in [0.25, 0.3) is 0 Å². The Morgan fingerprint density at radius 1 is 1.15 bits per heavy atom. The summed E-state index contributed by atoms with van der Waals surface area (Å²) in [5.74, 6) is 0.549. The summed E-state index contributed by atoms with van der Waals surface area (Å²) in [5.41, 5.74) is 0. The third-order valence-corrected chi connectivity index (χ3v) is 4.20. The van der Waals surface area contributed by atoms with Gasteiger partial charge in [0.1, 0.15) is 5.82 Å². The fourth-order valence-electron chi connectivity index (χ4n) is 2.10. The van der Waals surface area contributed by atoms with Gasteiger partial charge in [-0.05, 0) is 61.6 Å². The minimum absolute atomic E-state index is 0.161. The van der Waals surface area contributed by atoms with E-state index in [9.17, 15) is 4.39 Å². The molecule has 0 amide bonds. The number of hydrogen-bond donors (Lipinski definition) is 2. The van der Waals surface area contributed by atoms with Gasteiger partial charge in [-0.1, -0.05) is 13.8 Å². The molecule has 1 heterocycles. The fraction of sp³-hybridized carbons (Fsp3) is 0.500. The topological polar surface area (TPSA) is 24.1 Å². The molecule has 4 heteroatoms. The Hall–Kier alpha value is -0.970. The summed E-state index contributed by atoms with van der Waals surface area (Å²) in [6.07, 6.45) is 1.13. The smallest absolute Gasteiger partial charge is 0.123 e. The minimum Gasteiger partial charge on any atom is -0.316 e. The molecule has 110 valence electrons. The zero-order chi connectivity index (χ0) is 14.4. The van der Waals surface area contributed by atoms with Crippen molar-refractivity contribution in [2.75, 3.05) is 19.6 Å². The SMILES string of the molecule is CC(C)CNCCCNCc1cc2cc(F)ccc2s1. The van der Waals surface area contributed by atoms with Crippen LogP contribution < -0.4 is 10.6 Å². The van der Waals surface area contributed by atoms with E-state index >= 15 is 0 Å². The van der Waals surface area contributed by atoms with Gasteiger partial charge in [0.2, 0.25) is 0 Å². The first-order valence-electron chi connectivity index (χ1n) is 7.24. The third kappa shape index (κ3) is 4.85. The number of halogens is 1. The number of benzene rings is 1. The Kier molecular flexibility index (Phi) is 5.95. The molecule has 2 rings (SSSR count). The first-order valence-corrected chi connectivity index (χ1v) is 8.06. The van der Waals surface area contributed by atoms with Crippen LogP contribution in [0.25, 0.3) is 10.1 Å². The first kappa shape index (κ1) is 15.4. The van der Waals surface area contributed by atoms with Crippen molar-refractivity contribution in [3.05, 3.63) is 35.0 Å². The summed E-state index contributed by atoms with van der Waals surface area (Å²) in [4.78, 5) is 1.26. The molecule has 0 aliphatic heterocycles. The van der Waals surface area contributed by atoms with Crippen LogP contribution >= 0.6 is 11.3 Å². The van der Waals surface area contributed by atoms with Crippen molar-refractivity contribution in [3.8, 4) is 0 Å². The normalized spacial score (nSPS) is 11.6. The molecular formula is C16H23FN2S. The molecule has 0 fully saturated rings. The van der Waals surface area contributed by atoms with Gasteiger partial charge in [-0.25, -0.2) is 4.39 Å². The highest BCUT2D eigenvalue weighted by atomic mass is 32.1. The fourth-order valence-corrected chi connectivity index (χ4v) is 3.11. The van der Waals surface area contributed by atoms with Crippen molar-refractivity contribution < 1.29 is 4.39 Å². The Bertz CT molecular complexity index is 536. The van der Waals surface area contributed by atoms with E-state index in [4.69, 9.17) is 0 Å². The third-order valence-electron chi connectivity index (χ3n) is 3.09. The second-order valence-electron chi connectivity index (χ2n) is 5.52. The maximum Gasteiger partial charge on any atom is 0.123 e. The highest BCUT2D eigenvalue weighted by molar-refractivity contribution is 7.19. The second-order valence-corrected chi connectivity index (χ2v) is 6.69. The van der Waals surface area contributed by atoms with Crippen LogP contribution in [0.5, 0.6) is 0 Å². The lowest BCUT2D eigenvalue weighted by atomic mass is 10.2. The molecule has 20 heavy (non-hydrogen) atoms. The van der Waals surface area contributed by atoms with Gasteiger partial charge >= 0.3 is 0 Å². The minimum atomic E-state index is -0.161. The number of fused-ring (bicyclic) bond motifs is 1. The van der Waals surface area contributed by atoms with Crippen molar-refractivity contribution in [2.45, 2.75) is 26.8 Å². The summed E-state index contributed by atoms with van der Waals surface area (Å²) in [7, 11) is 0. The van der Waals surface area contributed by atoms with Gasteiger partial charge < -0.3 is 10.6 Å². The lowest BCUT2D eigenvalue weighted by Gasteiger charge is -2.07. The van der Waals surface area contributed by atoms with E-state index in [1.54, 1.807) is 17.4 Å². The van der Waals surface area contributed by atoms with Crippen LogP contribution in [0.4, 0.5) is 4.39 Å². The molecule has 2 nitrogen and oxygen atoms in total. The molecule has 0 saturated carbocycles. The Morgan fingerprint density at radius 3 is 2.75 bits per heavy atom. The van der Waals surface area contributed by atoms with E-state index in [-0.39, 0.29) is 5.82 Å². The monoisotopic (exact) mass is 294 g/mol. The van der Waals surface area contributed by atoms with E-state index in [0.29, 0.717) is 5.92 Å². The van der Waals surface area contributed by atoms with Crippen LogP contribution in [0.1, 0.15) is 25.1 Å². The highest BCUT2D eigenvalue weighted by Gasteiger charge is 2.02. The predicted octanol–water partition coefficient (Wildman–Crippen LogP) is 3.77. The van der Waals surface area contributed by atoms with Gasteiger partial charge in [-0.2, -0.15) is 0 Å². The molecule has 0 bridgehead atoms. The molecule has 0 atom stereocenters. The van der Waals surface area contributed by atoms with E-state index in [0.717, 1.165) is 42.7 Å². The van der Waals surface area contributed by atoms with E-state index in [1.807, 2.05) is 6.07 Å². The number of hydrogen-bond acceptors (Lipinski definition) is 3. The van der Waals surface area contributed by atoms with Crippen LogP contribution in [-0.4, -0.2) is 19.6 Å². The zero-order valence-corrected chi connectivity index (χ0v) is 13.0. The standard InChI is InChI=1S/C16H23FN2S/c1-12(2)10-18-6-3-7-19-11-15-9-13-8-14(17)4-5-16(13)20-15/h4-5,8-9,12,18-19H,3,6-7,10-11H2,1-2H3. The lowest BCUT2D eigenvalue weighted by molar-refractivity contribution is 0.531. The lowest BCUT2D eigenvalue weighted by Crippen LogP contribution is -2.24. The van der Waals surface area contributed by atoms with Crippen LogP contribution in [0.15, 0.2) is 24.3 Å². The summed E-state index contributed by atoms with van der Waals surface area (Å²) < 4.78 is 14.3. The highest BCUT2D eigenvalue weighted by Crippen LogP contribution is 2.26. The van der Waals surface area contributed by atoms with Gasteiger partial charge in [0.15, 0.2) is 0 Å². The average molecular weight is 294 g/mol. The van der Waals surface area contributed by atoms with Crippen molar-refractivity contribution >= 4 is 21.4 Å². The maximum atomic E-state index is 13.1. The molecule has 0 spiro atoms. The van der Waals surface area contributed by atoms with Gasteiger partial charge in [0.05, 0.1) is 0 Å². The molecule has 0 aliphatic rings. The Balaban J connectivity index is 1.68. The molecule has 0 radical (unpaired) electrons. The molecule has 0 unspecified atom stereocenters. The van der Waals surface area contributed by atoms with Gasteiger partial charge in [-0.15, -0.1) is 11.3 Å². The summed E-state index contributed by atoms with van der Waals surface area (Å²) in [5, 5.41) is 7.88. The van der Waals surface area contributed by atoms with Gasteiger partial charge in [0, 0.05) is 16.1 Å². The van der Waals surface area contributed by atoms with Crippen molar-refractivity contribution in [1.82, 2.24) is 10.6 Å². The van der Waals surface area contributed by atoms with Crippen LogP contribution in [0.2, 0.25) is 0 Å². The van der Waals surface area contributed by atoms with E-state index in [2.05, 4.69) is 30.5 Å². The summed E-state index contributed by atoms with van der Waals surface area (Å²) in [6.45, 7) is 8.45. The summed E-state index contributed by atoms with van der Waals surface area (Å²) >= 11 is 1.73. The van der Waals surface area contributed by atoms with E-state index in [1.165, 1.54) is 10.9 Å².